The van der Waals surface area contributed by atoms with Gasteiger partial charge in [0.2, 0.25) is 0 Å². The maximum atomic E-state index is 14.3. The Morgan fingerprint density at radius 2 is 1.66 bits per heavy atom. The van der Waals surface area contributed by atoms with E-state index in [0.29, 0.717) is 6.42 Å². The molecule has 0 unspecified atom stereocenters. The van der Waals surface area contributed by atoms with Crippen LogP contribution in [0.25, 0.3) is 10.8 Å². The van der Waals surface area contributed by atoms with Crippen molar-refractivity contribution in [1.82, 2.24) is 0 Å². The number of amides is 1. The smallest absolute Gasteiger partial charge is 0.312 e. The minimum atomic E-state index is -2.05. The van der Waals surface area contributed by atoms with E-state index in [1.165, 1.54) is 53.2 Å². The second-order valence-corrected chi connectivity index (χ2v) is 15.4. The van der Waals surface area contributed by atoms with Crippen LogP contribution in [0, 0.1) is 30.6 Å². The normalized spacial score (nSPS) is 28.4. The van der Waals surface area contributed by atoms with E-state index in [4.69, 9.17) is 23.8 Å². The van der Waals surface area contributed by atoms with Crippen molar-refractivity contribution in [1.29, 1.82) is 0 Å². The molecule has 1 amide bonds. The molecule has 9 atom stereocenters. The summed E-state index contributed by atoms with van der Waals surface area (Å²) in [7, 11) is 1.43. The number of aliphatic hydroxyl groups excluding tert-OH is 2. The highest BCUT2D eigenvalue weighted by Crippen LogP contribution is 2.55. The highest BCUT2D eigenvalue weighted by atomic mass is 16.7. The third-order valence-electron chi connectivity index (χ3n) is 11.1. The number of Topliss-reactive ketones (excluding diaryl/α,β-unsaturated/α-hetero) is 1. The first-order chi connectivity index (χ1) is 27.3. The lowest BCUT2D eigenvalue weighted by Crippen LogP contribution is -2.46. The van der Waals surface area contributed by atoms with Crippen LogP contribution in [-0.4, -0.2) is 93.3 Å². The fourth-order valence-electron chi connectivity index (χ4n) is 7.43. The molecule has 0 fully saturated rings. The zero-order valence-electron chi connectivity index (χ0n) is 34.9. The van der Waals surface area contributed by atoms with Crippen LogP contribution < -0.4 is 10.1 Å². The predicted octanol–water partition coefficient (Wildman–Crippen LogP) is 6.29. The summed E-state index contributed by atoms with van der Waals surface area (Å²) in [6.07, 6.45) is 7.10. The van der Waals surface area contributed by atoms with Gasteiger partial charge in [-0.2, -0.15) is 0 Å². The van der Waals surface area contributed by atoms with E-state index >= 15 is 0 Å². The van der Waals surface area contributed by atoms with Crippen molar-refractivity contribution in [2.45, 2.75) is 112 Å². The van der Waals surface area contributed by atoms with E-state index < -0.39 is 88.8 Å². The van der Waals surface area contributed by atoms with E-state index in [2.05, 4.69) is 10.5 Å². The van der Waals surface area contributed by atoms with Gasteiger partial charge >= 0.3 is 11.8 Å². The van der Waals surface area contributed by atoms with Crippen LogP contribution in [0.5, 0.6) is 23.0 Å². The number of anilines is 1. The average molecular weight is 811 g/mol. The number of fused-ring (bicyclic) bond motifs is 14. The van der Waals surface area contributed by atoms with Crippen LogP contribution in [0.3, 0.4) is 0 Å². The first-order valence-corrected chi connectivity index (χ1v) is 19.6. The summed E-state index contributed by atoms with van der Waals surface area (Å²) in [5, 5.41) is 64.0. The zero-order chi connectivity index (χ0) is 43.2. The summed E-state index contributed by atoms with van der Waals surface area (Å²) >= 11 is 0. The topological polar surface area (TPSA) is 223 Å². The SMILES string of the molecule is CCCCCON=Cc1c2c(O)c3c(O)c(C)c4c(c3c1O)C(=O)[C@@](C)(OC=C[C@H](OC)[C@H](C)[C@H](OC(C)=O)[C@H](C)[C@H](O)[C@H](C)[C@H](O)[C@H](C)C=CC=C(C)C(=O)N2)O4. The maximum Gasteiger partial charge on any atom is 0.312 e. The number of nitrogens with one attached hydrogen (secondary N) is 1. The number of unbranched alkanes of at least 4 members (excludes halogenated alkanes) is 2. The van der Waals surface area contributed by atoms with Crippen LogP contribution in [0.1, 0.15) is 96.1 Å². The number of carbonyl (C=O) groups is 3. The number of benzene rings is 2. The van der Waals surface area contributed by atoms with Gasteiger partial charge < -0.3 is 54.6 Å². The van der Waals surface area contributed by atoms with Gasteiger partial charge in [-0.05, 0) is 26.3 Å². The Balaban J connectivity index is 1.95. The number of phenolic OH excluding ortho intramolecular Hbond substituents is 3. The minimum Gasteiger partial charge on any atom is -0.507 e. The number of methoxy groups -OCH3 is 1. The van der Waals surface area contributed by atoms with Crippen molar-refractivity contribution >= 4 is 40.3 Å². The second kappa shape index (κ2) is 19.1. The molecular weight excluding hydrogens is 752 g/mol. The largest absolute Gasteiger partial charge is 0.507 e. The number of ketones is 1. The summed E-state index contributed by atoms with van der Waals surface area (Å²) in [6, 6.07) is 0. The molecule has 2 aromatic carbocycles. The van der Waals surface area contributed by atoms with Crippen LogP contribution in [-0.2, 0) is 28.6 Å². The molecule has 0 saturated heterocycles. The average Bonchev–Trinajstić information content (AvgIpc) is 3.45. The standard InChI is InChI=1S/C43H58N2O13/c1-11-12-13-18-56-44-20-28-33-38(51)31-30(37(28)50)32-40(26(7)36(31)49)58-43(9,41(32)52)55-19-17-29(54-10)23(4)39(57-27(8)46)25(6)35(48)24(5)34(47)21(2)15-14-16-22(3)42(53)45-33/h14-17,19-21,23-25,29,34-35,39,47-51H,11-13,18H2,1-10H3,(H,45,53)/t21-,23+,24-,25-,29+,34-,35-,39+,43+/m1/s1. The van der Waals surface area contributed by atoms with Crippen molar-refractivity contribution < 1.29 is 63.7 Å². The van der Waals surface area contributed by atoms with Crippen LogP contribution >= 0.6 is 0 Å². The van der Waals surface area contributed by atoms with E-state index in [1.54, 1.807) is 39.8 Å². The first kappa shape index (κ1) is 45.6. The van der Waals surface area contributed by atoms with E-state index in [1.807, 2.05) is 6.92 Å². The van der Waals surface area contributed by atoms with Gasteiger partial charge in [0.1, 0.15) is 30.0 Å². The Kier molecular flexibility index (Phi) is 15.0. The molecule has 2 aromatic rings. The third-order valence-corrected chi connectivity index (χ3v) is 11.1. The lowest BCUT2D eigenvalue weighted by Gasteiger charge is -2.38. The Hall–Kier alpha value is -5.12. The van der Waals surface area contributed by atoms with Crippen molar-refractivity contribution in [3.8, 4) is 23.0 Å². The number of aliphatic hydroxyl groups is 2. The molecule has 318 valence electrons. The van der Waals surface area contributed by atoms with Gasteiger partial charge in [-0.1, -0.05) is 70.8 Å². The highest BCUT2D eigenvalue weighted by molar-refractivity contribution is 6.23. The number of esters is 1. The van der Waals surface area contributed by atoms with Crippen molar-refractivity contribution in [2.24, 2.45) is 28.8 Å². The van der Waals surface area contributed by atoms with Gasteiger partial charge in [-0.3, -0.25) is 14.4 Å². The van der Waals surface area contributed by atoms with Gasteiger partial charge in [0, 0.05) is 61.2 Å². The van der Waals surface area contributed by atoms with Gasteiger partial charge in [-0.25, -0.2) is 0 Å². The molecule has 15 nitrogen and oxygen atoms in total. The summed E-state index contributed by atoms with van der Waals surface area (Å²) in [5.41, 5.74) is -0.565. The van der Waals surface area contributed by atoms with Crippen LogP contribution in [0.15, 0.2) is 41.3 Å². The highest BCUT2D eigenvalue weighted by Gasteiger charge is 2.50. The van der Waals surface area contributed by atoms with Gasteiger partial charge in [0.25, 0.3) is 11.7 Å². The Bertz CT molecular complexity index is 1990. The quantitative estimate of drug-likeness (QED) is 0.0431. The summed E-state index contributed by atoms with van der Waals surface area (Å²) in [4.78, 5) is 45.7. The van der Waals surface area contributed by atoms with Gasteiger partial charge in [-0.15, -0.1) is 0 Å². The molecule has 0 aromatic heterocycles. The molecule has 58 heavy (non-hydrogen) atoms. The molecule has 5 bridgehead atoms. The van der Waals surface area contributed by atoms with E-state index in [9.17, 15) is 39.9 Å². The number of hydrogen-bond acceptors (Lipinski definition) is 14. The molecular formula is C43H58N2O13. The monoisotopic (exact) mass is 810 g/mol. The third kappa shape index (κ3) is 9.27. The molecule has 6 N–H and O–H groups in total. The number of hydrogen-bond donors (Lipinski definition) is 6. The lowest BCUT2D eigenvalue weighted by atomic mass is 9.78. The van der Waals surface area contributed by atoms with Gasteiger partial charge in [0.05, 0.1) is 53.0 Å². The molecule has 3 aliphatic heterocycles. The fraction of sp³-hybridized carbons (Fsp3) is 0.535. The fourth-order valence-corrected chi connectivity index (χ4v) is 7.43. The Morgan fingerprint density at radius 1 is 0.966 bits per heavy atom. The molecule has 0 radical (unpaired) electrons. The molecule has 3 aliphatic rings. The maximum absolute atomic E-state index is 14.3. The predicted molar refractivity (Wildman–Crippen MR) is 217 cm³/mol. The second-order valence-electron chi connectivity index (χ2n) is 15.4. The molecule has 3 heterocycles. The van der Waals surface area contributed by atoms with E-state index in [0.717, 1.165) is 19.1 Å². The number of phenols is 3. The Labute approximate surface area is 338 Å². The van der Waals surface area contributed by atoms with Crippen molar-refractivity contribution in [3.63, 3.8) is 0 Å². The number of nitrogens with zero attached hydrogens (tertiary/aromatic N) is 1. The van der Waals surface area contributed by atoms with Crippen LogP contribution in [0.4, 0.5) is 5.69 Å². The Morgan fingerprint density at radius 3 is 2.29 bits per heavy atom. The van der Waals surface area contributed by atoms with E-state index in [-0.39, 0.29) is 51.1 Å². The summed E-state index contributed by atoms with van der Waals surface area (Å²) < 4.78 is 23.5. The molecule has 0 spiro atoms. The van der Waals surface area contributed by atoms with Crippen molar-refractivity contribution in [2.75, 3.05) is 19.0 Å². The van der Waals surface area contributed by atoms with Crippen LogP contribution in [0.2, 0.25) is 0 Å². The lowest BCUT2D eigenvalue weighted by molar-refractivity contribution is -0.160. The molecule has 5 rings (SSSR count). The van der Waals surface area contributed by atoms with Crippen molar-refractivity contribution in [3.05, 3.63) is 52.8 Å². The molecule has 0 saturated carbocycles. The number of carbonyl (C=O) groups excluding carboxylic acids is 3. The first-order valence-electron chi connectivity index (χ1n) is 19.6. The molecule has 15 heteroatoms. The number of aromatic hydroxyl groups is 3. The summed E-state index contributed by atoms with van der Waals surface area (Å²) in [5.74, 6) is -8.57. The number of oxime groups is 1. The zero-order valence-corrected chi connectivity index (χ0v) is 34.9. The number of allylic oxidation sites excluding steroid dienone is 2. The molecule has 0 aliphatic carbocycles. The number of rotatable bonds is 8. The minimum absolute atomic E-state index is 0.0391. The van der Waals surface area contributed by atoms with Gasteiger partial charge in [0.15, 0.2) is 5.75 Å². The number of ether oxygens (including phenoxy) is 4. The summed E-state index contributed by atoms with van der Waals surface area (Å²) in [6.45, 7) is 14.7.